The lowest BCUT2D eigenvalue weighted by Crippen LogP contribution is -2.61. The molecule has 0 aromatic carbocycles. The van der Waals surface area contributed by atoms with Crippen LogP contribution in [0.1, 0.15) is 151 Å². The van der Waals surface area contributed by atoms with Crippen molar-refractivity contribution in [1.29, 1.82) is 0 Å². The zero-order valence-electron chi connectivity index (χ0n) is 53.5. The molecule has 0 radical (unpaired) electrons. The molecule has 34 heteroatoms. The number of nitrogens with one attached hydrogen (secondary N) is 10. The van der Waals surface area contributed by atoms with Gasteiger partial charge in [-0.05, 0) is 88.0 Å². The van der Waals surface area contributed by atoms with E-state index in [1.165, 1.54) is 26.4 Å². The zero-order valence-corrected chi connectivity index (χ0v) is 53.5. The number of aromatic nitrogens is 2. The molecule has 516 valence electrons. The SMILES string of the molecule is CC[C@H](C)[C@H](NC(=O)[C@H](CC(C)C)NC(=O)[C@H](CC(N)=O)NC(=O)[C@H](CCC(N)=O)NC(=O)[C@@H]1CCCN1C(=O)[C@H](CCC(=O)O)NC(=O)[C@H](CC(=O)O)NC(=O)[C@@H](NC(=O)[C@H](CC(C)C)NC(=O)[C@H](N)Cc1cnc[nH]1)C(C)C)C(=O)N[C@@H](CCCCN)C(=O)O. The van der Waals surface area contributed by atoms with Gasteiger partial charge in [-0.1, -0.05) is 61.8 Å². The van der Waals surface area contributed by atoms with E-state index in [0.29, 0.717) is 31.5 Å². The molecule has 0 bridgehead atoms. The Bertz CT molecular complexity index is 2730. The van der Waals surface area contributed by atoms with Gasteiger partial charge in [0.15, 0.2) is 0 Å². The van der Waals surface area contributed by atoms with Gasteiger partial charge in [0.1, 0.15) is 60.4 Å². The minimum absolute atomic E-state index is 0.0502. The highest BCUT2D eigenvalue weighted by atomic mass is 16.4. The van der Waals surface area contributed by atoms with Crippen molar-refractivity contribution in [3.05, 3.63) is 18.2 Å². The topological polar surface area (TPSA) is 561 Å². The smallest absolute Gasteiger partial charge is 0.326 e. The predicted octanol–water partition coefficient (Wildman–Crippen LogP) is -3.88. The molecule has 1 aliphatic rings. The molecule has 0 spiro atoms. The molecule has 34 nitrogen and oxygen atoms in total. The summed E-state index contributed by atoms with van der Waals surface area (Å²) in [5.41, 5.74) is 23.1. The van der Waals surface area contributed by atoms with Gasteiger partial charge in [-0.3, -0.25) is 67.1 Å². The van der Waals surface area contributed by atoms with E-state index in [-0.39, 0.29) is 56.9 Å². The first kappa shape index (κ1) is 79.3. The first-order valence-corrected chi connectivity index (χ1v) is 30.8. The third-order valence-electron chi connectivity index (χ3n) is 15.1. The molecule has 2 rings (SSSR count). The largest absolute Gasteiger partial charge is 0.481 e. The maximum Gasteiger partial charge on any atom is 0.326 e. The fourth-order valence-corrected chi connectivity index (χ4v) is 9.89. The van der Waals surface area contributed by atoms with Crippen LogP contribution in [-0.2, 0) is 78.3 Å². The Morgan fingerprint density at radius 3 is 1.58 bits per heavy atom. The van der Waals surface area contributed by atoms with E-state index in [2.05, 4.69) is 57.8 Å². The van der Waals surface area contributed by atoms with E-state index >= 15 is 0 Å². The minimum atomic E-state index is -1.97. The molecular formula is C58H96N16O18. The lowest BCUT2D eigenvalue weighted by atomic mass is 9.96. The number of aromatic amines is 1. The van der Waals surface area contributed by atoms with Crippen molar-refractivity contribution in [3.8, 4) is 0 Å². The van der Waals surface area contributed by atoms with Crippen LogP contribution in [0.3, 0.4) is 0 Å². The standard InChI is InChI=1S/C58H96N16O18/c1-9-31(8)47(56(89)67-36(58(91)92)13-10-11-19-59)73-53(86)38(22-29(4)5)69-50(83)39(24-43(62)76)70-49(82)34(15-17-42(61)75)65-54(87)41-14-12-20-74(41)57(90)35(16-18-44(77)78)66-51(84)40(25-45(79)80)71-55(88)46(30(6)7)72-52(85)37(21-28(2)3)68-48(81)33(60)23-32-26-63-27-64-32/h26-31,33-41,46-47H,9-25,59-60H2,1-8H3,(H2,61,75)(H2,62,76)(H,63,64)(H,65,87)(H,66,84)(H,67,89)(H,68,81)(H,69,83)(H,70,82)(H,71,88)(H,72,85)(H,73,86)(H,77,78)(H,79,80)(H,91,92)/t31-,33+,34-,35-,36-,37-,38-,39-,40-,41-,46-,47-/m0/s1. The Hall–Kier alpha value is -8.82. The average Bonchev–Trinajstić information content (AvgIpc) is 1.77. The molecule has 12 atom stereocenters. The summed E-state index contributed by atoms with van der Waals surface area (Å²) in [6.07, 6.45) is -0.218. The van der Waals surface area contributed by atoms with Crippen LogP contribution in [0.2, 0.25) is 0 Å². The van der Waals surface area contributed by atoms with Crippen molar-refractivity contribution in [2.45, 2.75) is 218 Å². The van der Waals surface area contributed by atoms with Gasteiger partial charge in [0, 0.05) is 37.7 Å². The van der Waals surface area contributed by atoms with E-state index in [0.717, 1.165) is 4.90 Å². The number of unbranched alkanes of at least 4 members (excludes halogenated alkanes) is 1. The number of primary amides is 2. The normalized spacial score (nSPS) is 16.5. The number of H-pyrrole nitrogens is 1. The van der Waals surface area contributed by atoms with Crippen LogP contribution in [0.25, 0.3) is 0 Å². The number of carboxylic acids is 3. The van der Waals surface area contributed by atoms with Crippen molar-refractivity contribution < 1.29 is 87.2 Å². The molecule has 1 fully saturated rings. The number of hydrogen-bond donors (Lipinski definition) is 17. The molecule has 0 unspecified atom stereocenters. The van der Waals surface area contributed by atoms with Crippen molar-refractivity contribution in [2.75, 3.05) is 13.1 Å². The van der Waals surface area contributed by atoms with Crippen molar-refractivity contribution >= 4 is 88.8 Å². The number of imidazole rings is 1. The van der Waals surface area contributed by atoms with Gasteiger partial charge >= 0.3 is 17.9 Å². The number of carboxylic acid groups (broad SMARTS) is 3. The number of likely N-dealkylation sites (tertiary alicyclic amines) is 1. The third kappa shape index (κ3) is 27.7. The molecule has 1 aromatic heterocycles. The zero-order chi connectivity index (χ0) is 69.7. The Morgan fingerprint density at radius 2 is 1.08 bits per heavy atom. The highest BCUT2D eigenvalue weighted by Gasteiger charge is 2.42. The van der Waals surface area contributed by atoms with E-state index in [9.17, 15) is 87.2 Å². The fraction of sp³-hybridized carbons (Fsp3) is 0.690. The second kappa shape index (κ2) is 39.4. The molecule has 1 aromatic rings. The number of hydrogen-bond acceptors (Lipinski definition) is 18. The van der Waals surface area contributed by atoms with Gasteiger partial charge < -0.3 is 96.0 Å². The van der Waals surface area contributed by atoms with Crippen LogP contribution in [-0.4, -0.2) is 199 Å². The Labute approximate surface area is 533 Å². The Balaban J connectivity index is 2.43. The van der Waals surface area contributed by atoms with Crippen molar-refractivity contribution in [2.24, 2.45) is 46.6 Å². The molecule has 12 amide bonds. The summed E-state index contributed by atoms with van der Waals surface area (Å²) in [6, 6.07) is -16.7. The fourth-order valence-electron chi connectivity index (χ4n) is 9.89. The van der Waals surface area contributed by atoms with E-state index < -0.39 is 206 Å². The van der Waals surface area contributed by atoms with Gasteiger partial charge in [-0.25, -0.2) is 9.78 Å². The minimum Gasteiger partial charge on any atom is -0.481 e. The summed E-state index contributed by atoms with van der Waals surface area (Å²) in [4.78, 5) is 208. The van der Waals surface area contributed by atoms with Crippen LogP contribution < -0.4 is 70.8 Å². The quantitative estimate of drug-likeness (QED) is 0.0278. The average molecular weight is 1310 g/mol. The summed E-state index contributed by atoms with van der Waals surface area (Å²) in [6.45, 7) is 13.5. The number of nitrogens with two attached hydrogens (primary N) is 4. The summed E-state index contributed by atoms with van der Waals surface area (Å²) >= 11 is 0. The summed E-state index contributed by atoms with van der Waals surface area (Å²) in [7, 11) is 0. The highest BCUT2D eigenvalue weighted by Crippen LogP contribution is 2.22. The first-order valence-electron chi connectivity index (χ1n) is 30.8. The molecule has 0 saturated carbocycles. The summed E-state index contributed by atoms with van der Waals surface area (Å²) in [5, 5.41) is 51.5. The second-order valence-electron chi connectivity index (χ2n) is 24.2. The van der Waals surface area contributed by atoms with Gasteiger partial charge in [-0.2, -0.15) is 0 Å². The first-order chi connectivity index (χ1) is 43.1. The molecule has 21 N–H and O–H groups in total. The molecule has 1 saturated heterocycles. The molecule has 1 aliphatic heterocycles. The number of carbonyl (C=O) groups excluding carboxylic acids is 12. The number of rotatable bonds is 43. The van der Waals surface area contributed by atoms with Gasteiger partial charge in [0.05, 0.1) is 25.2 Å². The summed E-state index contributed by atoms with van der Waals surface area (Å²) in [5.74, 6) is -18.1. The number of aliphatic carboxylic acids is 3. The molecular weight excluding hydrogens is 1210 g/mol. The molecule has 2 heterocycles. The van der Waals surface area contributed by atoms with Crippen molar-refractivity contribution in [1.82, 2.24) is 62.7 Å². The van der Waals surface area contributed by atoms with Crippen LogP contribution in [0.15, 0.2) is 12.5 Å². The van der Waals surface area contributed by atoms with Crippen LogP contribution >= 0.6 is 0 Å². The second-order valence-corrected chi connectivity index (χ2v) is 24.2. The highest BCUT2D eigenvalue weighted by molar-refractivity contribution is 6.00. The van der Waals surface area contributed by atoms with E-state index in [1.807, 2.05) is 0 Å². The molecule has 0 aliphatic carbocycles. The lowest BCUT2D eigenvalue weighted by molar-refractivity contribution is -0.144. The lowest BCUT2D eigenvalue weighted by Gasteiger charge is -2.31. The Kier molecular flexibility index (Phi) is 34.0. The van der Waals surface area contributed by atoms with E-state index in [4.69, 9.17) is 22.9 Å². The maximum absolute atomic E-state index is 14.5. The van der Waals surface area contributed by atoms with Crippen LogP contribution in [0, 0.1) is 23.7 Å². The summed E-state index contributed by atoms with van der Waals surface area (Å²) < 4.78 is 0. The Morgan fingerprint density at radius 1 is 0.576 bits per heavy atom. The van der Waals surface area contributed by atoms with Gasteiger partial charge in [-0.15, -0.1) is 0 Å². The predicted molar refractivity (Wildman–Crippen MR) is 327 cm³/mol. The number of carbonyl (C=O) groups is 15. The number of nitrogens with zero attached hydrogens (tertiary/aromatic N) is 2. The van der Waals surface area contributed by atoms with Crippen LogP contribution in [0.4, 0.5) is 0 Å². The molecule has 92 heavy (non-hydrogen) atoms. The van der Waals surface area contributed by atoms with Gasteiger partial charge in [0.25, 0.3) is 0 Å². The third-order valence-corrected chi connectivity index (χ3v) is 15.1. The maximum atomic E-state index is 14.5. The monoisotopic (exact) mass is 1300 g/mol. The number of amides is 12. The van der Waals surface area contributed by atoms with E-state index in [1.54, 1.807) is 41.5 Å². The van der Waals surface area contributed by atoms with Crippen LogP contribution in [0.5, 0.6) is 0 Å². The van der Waals surface area contributed by atoms with Gasteiger partial charge in [0.2, 0.25) is 70.9 Å². The van der Waals surface area contributed by atoms with Crippen molar-refractivity contribution in [3.63, 3.8) is 0 Å².